The van der Waals surface area contributed by atoms with Crippen LogP contribution in [0.5, 0.6) is 0 Å². The van der Waals surface area contributed by atoms with E-state index in [1.54, 1.807) is 0 Å². The smallest absolute Gasteiger partial charge is 0.0587 e. The van der Waals surface area contributed by atoms with Gasteiger partial charge in [-0.3, -0.25) is 0 Å². The summed E-state index contributed by atoms with van der Waals surface area (Å²) in [5.41, 5.74) is 5.43. The van der Waals surface area contributed by atoms with E-state index >= 15 is 0 Å². The van der Waals surface area contributed by atoms with Gasteiger partial charge >= 0.3 is 0 Å². The Balaban J connectivity index is 2.15. The van der Waals surface area contributed by atoms with Crippen molar-refractivity contribution in [3.8, 4) is 0 Å². The second-order valence-electron chi connectivity index (χ2n) is 2.92. The van der Waals surface area contributed by atoms with Crippen molar-refractivity contribution in [2.75, 3.05) is 13.2 Å². The SMILES string of the molecule is NCCC1CCCCCO1. The molecule has 2 heteroatoms. The molecule has 0 spiro atoms. The van der Waals surface area contributed by atoms with Crippen LogP contribution < -0.4 is 5.73 Å². The highest BCUT2D eigenvalue weighted by atomic mass is 16.5. The van der Waals surface area contributed by atoms with Gasteiger partial charge in [0.25, 0.3) is 0 Å². The van der Waals surface area contributed by atoms with Crippen molar-refractivity contribution < 1.29 is 4.74 Å². The van der Waals surface area contributed by atoms with Gasteiger partial charge < -0.3 is 10.5 Å². The van der Waals surface area contributed by atoms with E-state index in [0.717, 1.165) is 19.6 Å². The van der Waals surface area contributed by atoms with Gasteiger partial charge in [-0.25, -0.2) is 0 Å². The largest absolute Gasteiger partial charge is 0.378 e. The van der Waals surface area contributed by atoms with Gasteiger partial charge in [-0.05, 0) is 25.8 Å². The summed E-state index contributed by atoms with van der Waals surface area (Å²) in [6, 6.07) is 0. The Morgan fingerprint density at radius 1 is 1.30 bits per heavy atom. The molecule has 60 valence electrons. The molecule has 0 aromatic rings. The second-order valence-corrected chi connectivity index (χ2v) is 2.92. The van der Waals surface area contributed by atoms with Crippen LogP contribution in [-0.4, -0.2) is 19.3 Å². The van der Waals surface area contributed by atoms with Crippen molar-refractivity contribution in [1.29, 1.82) is 0 Å². The lowest BCUT2D eigenvalue weighted by Gasteiger charge is -2.12. The normalized spacial score (nSPS) is 27.9. The Kier molecular flexibility index (Phi) is 3.76. The van der Waals surface area contributed by atoms with Crippen LogP contribution in [0.1, 0.15) is 32.1 Å². The first-order chi connectivity index (χ1) is 4.93. The van der Waals surface area contributed by atoms with E-state index in [2.05, 4.69) is 0 Å². The minimum atomic E-state index is 0.465. The minimum Gasteiger partial charge on any atom is -0.378 e. The minimum absolute atomic E-state index is 0.465. The quantitative estimate of drug-likeness (QED) is 0.632. The highest BCUT2D eigenvalue weighted by molar-refractivity contribution is 4.62. The third-order valence-electron chi connectivity index (χ3n) is 2.01. The average molecular weight is 143 g/mol. The molecule has 0 aromatic carbocycles. The highest BCUT2D eigenvalue weighted by Gasteiger charge is 2.10. The predicted molar refractivity (Wildman–Crippen MR) is 41.9 cm³/mol. The van der Waals surface area contributed by atoms with Crippen LogP contribution in [-0.2, 0) is 4.74 Å². The fourth-order valence-corrected chi connectivity index (χ4v) is 1.40. The van der Waals surface area contributed by atoms with Crippen LogP contribution in [0.25, 0.3) is 0 Å². The van der Waals surface area contributed by atoms with Crippen LogP contribution in [0, 0.1) is 0 Å². The molecule has 10 heavy (non-hydrogen) atoms. The molecule has 2 nitrogen and oxygen atoms in total. The monoisotopic (exact) mass is 143 g/mol. The highest BCUT2D eigenvalue weighted by Crippen LogP contribution is 2.14. The van der Waals surface area contributed by atoms with Gasteiger partial charge in [0, 0.05) is 6.61 Å². The molecular weight excluding hydrogens is 126 g/mol. The number of hydrogen-bond acceptors (Lipinski definition) is 2. The second kappa shape index (κ2) is 4.69. The van der Waals surface area contributed by atoms with E-state index in [1.165, 1.54) is 25.7 Å². The molecule has 1 saturated heterocycles. The van der Waals surface area contributed by atoms with E-state index in [4.69, 9.17) is 10.5 Å². The summed E-state index contributed by atoms with van der Waals surface area (Å²) >= 11 is 0. The first-order valence-electron chi connectivity index (χ1n) is 4.25. The third kappa shape index (κ3) is 2.67. The summed E-state index contributed by atoms with van der Waals surface area (Å²) in [4.78, 5) is 0. The Labute approximate surface area is 62.7 Å². The number of rotatable bonds is 2. The summed E-state index contributed by atoms with van der Waals surface area (Å²) in [5.74, 6) is 0. The summed E-state index contributed by atoms with van der Waals surface area (Å²) in [6.45, 7) is 1.72. The van der Waals surface area contributed by atoms with Crippen molar-refractivity contribution >= 4 is 0 Å². The van der Waals surface area contributed by atoms with Crippen LogP contribution in [0.2, 0.25) is 0 Å². The first-order valence-corrected chi connectivity index (χ1v) is 4.25. The molecule has 0 aromatic heterocycles. The molecule has 0 bridgehead atoms. The predicted octanol–water partition coefficient (Wildman–Crippen LogP) is 1.29. The Morgan fingerprint density at radius 2 is 2.20 bits per heavy atom. The molecule has 1 unspecified atom stereocenters. The summed E-state index contributed by atoms with van der Waals surface area (Å²) < 4.78 is 5.56. The Hall–Kier alpha value is -0.0800. The summed E-state index contributed by atoms with van der Waals surface area (Å²) in [5, 5.41) is 0. The van der Waals surface area contributed by atoms with Gasteiger partial charge in [-0.2, -0.15) is 0 Å². The van der Waals surface area contributed by atoms with E-state index in [-0.39, 0.29) is 0 Å². The van der Waals surface area contributed by atoms with Crippen molar-refractivity contribution in [1.82, 2.24) is 0 Å². The molecule has 1 rings (SSSR count). The zero-order valence-electron chi connectivity index (χ0n) is 6.51. The molecule has 1 fully saturated rings. The van der Waals surface area contributed by atoms with Crippen molar-refractivity contribution in [3.05, 3.63) is 0 Å². The lowest BCUT2D eigenvalue weighted by Crippen LogP contribution is -2.16. The number of ether oxygens (including phenoxy) is 1. The van der Waals surface area contributed by atoms with E-state index < -0.39 is 0 Å². The first kappa shape index (κ1) is 8.02. The molecule has 0 radical (unpaired) electrons. The zero-order chi connectivity index (χ0) is 7.23. The van der Waals surface area contributed by atoms with Gasteiger partial charge in [0.15, 0.2) is 0 Å². The molecule has 1 aliphatic rings. The maximum atomic E-state index is 5.56. The molecular formula is C8H17NO. The Morgan fingerprint density at radius 3 is 3.00 bits per heavy atom. The van der Waals surface area contributed by atoms with Gasteiger partial charge in [-0.15, -0.1) is 0 Å². The number of nitrogens with two attached hydrogens (primary N) is 1. The van der Waals surface area contributed by atoms with Crippen LogP contribution in [0.15, 0.2) is 0 Å². The van der Waals surface area contributed by atoms with E-state index in [0.29, 0.717) is 6.10 Å². The van der Waals surface area contributed by atoms with E-state index in [1.807, 2.05) is 0 Å². The molecule has 1 heterocycles. The third-order valence-corrected chi connectivity index (χ3v) is 2.01. The molecule has 1 atom stereocenters. The summed E-state index contributed by atoms with van der Waals surface area (Å²) in [6.07, 6.45) is 6.62. The van der Waals surface area contributed by atoms with Crippen LogP contribution >= 0.6 is 0 Å². The topological polar surface area (TPSA) is 35.2 Å². The van der Waals surface area contributed by atoms with Crippen molar-refractivity contribution in [2.45, 2.75) is 38.2 Å². The fourth-order valence-electron chi connectivity index (χ4n) is 1.40. The van der Waals surface area contributed by atoms with Crippen molar-refractivity contribution in [2.24, 2.45) is 5.73 Å². The Bertz CT molecular complexity index is 77.3. The van der Waals surface area contributed by atoms with Gasteiger partial charge in [-0.1, -0.05) is 12.8 Å². The lowest BCUT2D eigenvalue weighted by atomic mass is 10.1. The standard InChI is InChI=1S/C8H17NO/c9-6-5-8-4-2-1-3-7-10-8/h8H,1-7,9H2. The number of hydrogen-bond donors (Lipinski definition) is 1. The summed E-state index contributed by atoms with van der Waals surface area (Å²) in [7, 11) is 0. The molecule has 0 aliphatic carbocycles. The van der Waals surface area contributed by atoms with Crippen LogP contribution in [0.3, 0.4) is 0 Å². The average Bonchev–Trinajstić information content (AvgIpc) is 2.17. The zero-order valence-corrected chi connectivity index (χ0v) is 6.51. The molecule has 1 aliphatic heterocycles. The molecule has 0 saturated carbocycles. The lowest BCUT2D eigenvalue weighted by molar-refractivity contribution is 0.0546. The van der Waals surface area contributed by atoms with Gasteiger partial charge in [0.05, 0.1) is 6.10 Å². The van der Waals surface area contributed by atoms with E-state index in [9.17, 15) is 0 Å². The fraction of sp³-hybridized carbons (Fsp3) is 1.00. The van der Waals surface area contributed by atoms with Gasteiger partial charge in [0.1, 0.15) is 0 Å². The maximum Gasteiger partial charge on any atom is 0.0587 e. The molecule has 2 N–H and O–H groups in total. The maximum absolute atomic E-state index is 5.56. The van der Waals surface area contributed by atoms with Crippen molar-refractivity contribution in [3.63, 3.8) is 0 Å². The van der Waals surface area contributed by atoms with Crippen LogP contribution in [0.4, 0.5) is 0 Å². The van der Waals surface area contributed by atoms with Gasteiger partial charge in [0.2, 0.25) is 0 Å². The molecule has 0 amide bonds.